The van der Waals surface area contributed by atoms with Gasteiger partial charge in [-0.05, 0) is 34.5 Å². The predicted molar refractivity (Wildman–Crippen MR) is 97.4 cm³/mol. The number of phenols is 1. The monoisotopic (exact) mass is 418 g/mol. The molecule has 0 spiro atoms. The second-order valence-corrected chi connectivity index (χ2v) is 6.21. The number of phenolic OH excluding ortho intramolecular Hbond substituents is 1. The van der Waals surface area contributed by atoms with Crippen molar-refractivity contribution in [2.24, 2.45) is 0 Å². The number of nitrogens with zero attached hydrogens (tertiary/aromatic N) is 1. The Kier molecular flexibility index (Phi) is 10.3. The molecule has 0 aliphatic carbocycles. The fourth-order valence-electron chi connectivity index (χ4n) is 2.64. The van der Waals surface area contributed by atoms with Crippen LogP contribution in [0.3, 0.4) is 0 Å². The van der Waals surface area contributed by atoms with Gasteiger partial charge in [-0.2, -0.15) is 0 Å². The maximum atomic E-state index is 10.3. The summed E-state index contributed by atoms with van der Waals surface area (Å²) in [6.07, 6.45) is 2.11. The quantitative estimate of drug-likeness (QED) is 0.758. The van der Waals surface area contributed by atoms with Crippen LogP contribution in [0.1, 0.15) is 31.4 Å². The first-order chi connectivity index (χ1) is 9.13. The van der Waals surface area contributed by atoms with Crippen molar-refractivity contribution in [1.82, 2.24) is 10.2 Å². The molecule has 0 saturated carbocycles. The molecule has 0 bridgehead atoms. The van der Waals surface area contributed by atoms with E-state index in [4.69, 9.17) is 11.6 Å². The molecule has 0 radical (unpaired) electrons. The van der Waals surface area contributed by atoms with E-state index >= 15 is 0 Å². The second kappa shape index (κ2) is 10.1. The maximum absolute atomic E-state index is 10.3. The summed E-state index contributed by atoms with van der Waals surface area (Å²) in [6, 6.07) is 3.87. The maximum Gasteiger partial charge on any atom is 0.134 e. The van der Waals surface area contributed by atoms with E-state index in [1.165, 1.54) is 0 Å². The molecule has 1 aromatic carbocycles. The number of benzene rings is 1. The summed E-state index contributed by atoms with van der Waals surface area (Å²) < 4.78 is 0.672. The normalized spacial score (nSPS) is 16.7. The molecule has 1 aromatic rings. The standard InChI is InChI=1S/C14H20BrClN2O.2ClH/c1-2-3-13(18-6-4-17-5-7-18)11-8-10(16)9-12(15)14(11)19;;/h8-9,13,17,19H,2-7H2,1H3;2*1H/t13-;;/m1../s1. The van der Waals surface area contributed by atoms with E-state index in [0.717, 1.165) is 44.6 Å². The van der Waals surface area contributed by atoms with E-state index in [1.54, 1.807) is 6.07 Å². The molecule has 2 N–H and O–H groups in total. The van der Waals surface area contributed by atoms with Crippen molar-refractivity contribution in [3.05, 3.63) is 27.2 Å². The van der Waals surface area contributed by atoms with Gasteiger partial charge in [0.05, 0.1) is 4.47 Å². The van der Waals surface area contributed by atoms with Gasteiger partial charge in [0.2, 0.25) is 0 Å². The van der Waals surface area contributed by atoms with Crippen molar-refractivity contribution in [2.75, 3.05) is 26.2 Å². The Hall–Kier alpha value is 0.290. The average molecular weight is 421 g/mol. The molecule has 1 fully saturated rings. The lowest BCUT2D eigenvalue weighted by Crippen LogP contribution is -2.45. The van der Waals surface area contributed by atoms with Gasteiger partial charge in [0, 0.05) is 42.8 Å². The predicted octanol–water partition coefficient (Wildman–Crippen LogP) is 4.40. The minimum atomic E-state index is 0. The molecule has 1 saturated heterocycles. The third kappa shape index (κ3) is 5.45. The van der Waals surface area contributed by atoms with Crippen molar-refractivity contribution in [3.8, 4) is 5.75 Å². The topological polar surface area (TPSA) is 35.5 Å². The van der Waals surface area contributed by atoms with E-state index in [1.807, 2.05) is 6.07 Å². The van der Waals surface area contributed by atoms with Crippen LogP contribution >= 0.6 is 52.3 Å². The highest BCUT2D eigenvalue weighted by molar-refractivity contribution is 9.10. The van der Waals surface area contributed by atoms with E-state index in [-0.39, 0.29) is 30.9 Å². The molecule has 0 amide bonds. The molecule has 2 rings (SSSR count). The lowest BCUT2D eigenvalue weighted by molar-refractivity contribution is 0.162. The summed E-state index contributed by atoms with van der Waals surface area (Å²) in [5, 5.41) is 14.3. The van der Waals surface area contributed by atoms with Gasteiger partial charge in [0.15, 0.2) is 0 Å². The lowest BCUT2D eigenvalue weighted by Gasteiger charge is -2.35. The first-order valence-corrected chi connectivity index (χ1v) is 7.93. The summed E-state index contributed by atoms with van der Waals surface area (Å²) in [7, 11) is 0. The van der Waals surface area contributed by atoms with Crippen molar-refractivity contribution in [1.29, 1.82) is 0 Å². The van der Waals surface area contributed by atoms with Crippen LogP contribution in [0.2, 0.25) is 5.02 Å². The summed E-state index contributed by atoms with van der Waals surface area (Å²) >= 11 is 9.51. The second-order valence-electron chi connectivity index (χ2n) is 4.92. The van der Waals surface area contributed by atoms with E-state index < -0.39 is 0 Å². The largest absolute Gasteiger partial charge is 0.506 e. The van der Waals surface area contributed by atoms with Crippen LogP contribution in [0.5, 0.6) is 5.75 Å². The number of hydrogen-bond acceptors (Lipinski definition) is 3. The van der Waals surface area contributed by atoms with Gasteiger partial charge in [0.25, 0.3) is 0 Å². The number of aromatic hydroxyl groups is 1. The van der Waals surface area contributed by atoms with Crippen molar-refractivity contribution >= 4 is 52.3 Å². The highest BCUT2D eigenvalue weighted by Gasteiger charge is 2.25. The van der Waals surface area contributed by atoms with Crippen molar-refractivity contribution in [2.45, 2.75) is 25.8 Å². The van der Waals surface area contributed by atoms with Crippen LogP contribution in [-0.2, 0) is 0 Å². The molecular formula is C14H22BrCl3N2O. The third-order valence-electron chi connectivity index (χ3n) is 3.57. The third-order valence-corrected chi connectivity index (χ3v) is 4.39. The molecule has 0 aromatic heterocycles. The lowest BCUT2D eigenvalue weighted by atomic mass is 9.99. The summed E-state index contributed by atoms with van der Waals surface area (Å²) in [5.41, 5.74) is 0.933. The van der Waals surface area contributed by atoms with Crippen molar-refractivity contribution < 1.29 is 5.11 Å². The fraction of sp³-hybridized carbons (Fsp3) is 0.571. The minimum absolute atomic E-state index is 0. The van der Waals surface area contributed by atoms with Gasteiger partial charge in [-0.3, -0.25) is 4.90 Å². The highest BCUT2D eigenvalue weighted by atomic mass is 79.9. The number of rotatable bonds is 4. The number of hydrogen-bond donors (Lipinski definition) is 2. The Morgan fingerprint density at radius 3 is 2.52 bits per heavy atom. The Morgan fingerprint density at radius 2 is 1.95 bits per heavy atom. The Morgan fingerprint density at radius 1 is 1.33 bits per heavy atom. The van der Waals surface area contributed by atoms with E-state index in [2.05, 4.69) is 33.1 Å². The van der Waals surface area contributed by atoms with E-state index in [9.17, 15) is 5.11 Å². The molecule has 1 aliphatic rings. The zero-order valence-corrected chi connectivity index (χ0v) is 15.9. The van der Waals surface area contributed by atoms with E-state index in [0.29, 0.717) is 15.2 Å². The van der Waals surface area contributed by atoms with Gasteiger partial charge in [-0.15, -0.1) is 24.8 Å². The molecule has 1 aliphatic heterocycles. The van der Waals surface area contributed by atoms with Crippen LogP contribution in [-0.4, -0.2) is 36.2 Å². The molecule has 21 heavy (non-hydrogen) atoms. The van der Waals surface area contributed by atoms with Crippen LogP contribution in [0, 0.1) is 0 Å². The zero-order valence-electron chi connectivity index (χ0n) is 11.9. The van der Waals surface area contributed by atoms with Crippen LogP contribution in [0.25, 0.3) is 0 Å². The van der Waals surface area contributed by atoms with Gasteiger partial charge in [0.1, 0.15) is 5.75 Å². The summed E-state index contributed by atoms with van der Waals surface area (Å²) in [5.74, 6) is 0.321. The molecule has 0 unspecified atom stereocenters. The number of nitrogens with one attached hydrogen (secondary N) is 1. The molecule has 122 valence electrons. The Labute approximate surface area is 152 Å². The van der Waals surface area contributed by atoms with Gasteiger partial charge in [-0.1, -0.05) is 24.9 Å². The molecule has 1 heterocycles. The van der Waals surface area contributed by atoms with Crippen LogP contribution < -0.4 is 5.32 Å². The van der Waals surface area contributed by atoms with Gasteiger partial charge in [-0.25, -0.2) is 0 Å². The molecular weight excluding hydrogens is 398 g/mol. The Balaban J connectivity index is 0.00000200. The zero-order chi connectivity index (χ0) is 13.8. The summed E-state index contributed by atoms with van der Waals surface area (Å²) in [4.78, 5) is 2.43. The van der Waals surface area contributed by atoms with Gasteiger partial charge < -0.3 is 10.4 Å². The molecule has 3 nitrogen and oxygen atoms in total. The smallest absolute Gasteiger partial charge is 0.134 e. The average Bonchev–Trinajstić information content (AvgIpc) is 2.41. The number of halogens is 4. The fourth-order valence-corrected chi connectivity index (χ4v) is 3.48. The SMILES string of the molecule is CCC[C@H](c1cc(Cl)cc(Br)c1O)N1CCNCC1.Cl.Cl. The van der Waals surface area contributed by atoms with Gasteiger partial charge >= 0.3 is 0 Å². The molecule has 7 heteroatoms. The van der Waals surface area contributed by atoms with Crippen LogP contribution in [0.4, 0.5) is 0 Å². The Bertz CT molecular complexity index is 442. The first kappa shape index (κ1) is 21.3. The minimum Gasteiger partial charge on any atom is -0.506 e. The van der Waals surface area contributed by atoms with Crippen LogP contribution in [0.15, 0.2) is 16.6 Å². The highest BCUT2D eigenvalue weighted by Crippen LogP contribution is 2.39. The first-order valence-electron chi connectivity index (χ1n) is 6.76. The number of piperazine rings is 1. The molecule has 1 atom stereocenters. The van der Waals surface area contributed by atoms with Crippen molar-refractivity contribution in [3.63, 3.8) is 0 Å². The summed E-state index contributed by atoms with van der Waals surface area (Å²) in [6.45, 7) is 6.19.